The Labute approximate surface area is 99.0 Å². The largest absolute Gasteiger partial charge is 0.461 e. The maximum Gasteiger partial charge on any atom is 0.217 e. The highest BCUT2D eigenvalue weighted by atomic mass is 16.6. The number of aliphatic hydroxyl groups excluding tert-OH is 1. The number of allylic oxidation sites excluding steroid dienone is 1. The minimum absolute atomic E-state index is 0.289. The second kappa shape index (κ2) is 4.49. The first-order valence-electron chi connectivity index (χ1n) is 5.38. The molecule has 1 unspecified atom stereocenters. The van der Waals surface area contributed by atoms with Crippen molar-refractivity contribution in [1.29, 1.82) is 0 Å². The fraction of sp³-hybridized carbons (Fsp3) is 0.333. The van der Waals surface area contributed by atoms with Crippen molar-refractivity contribution in [3.63, 3.8) is 0 Å². The van der Waals surface area contributed by atoms with Crippen molar-refractivity contribution in [3.8, 4) is 5.75 Å². The summed E-state index contributed by atoms with van der Waals surface area (Å²) in [4.78, 5) is 2.72. The molecule has 0 aliphatic carbocycles. The molecule has 1 atom stereocenters. The van der Waals surface area contributed by atoms with Gasteiger partial charge >= 0.3 is 0 Å². The number of hydrogen-bond donors (Lipinski definition) is 1. The van der Waals surface area contributed by atoms with Gasteiger partial charge in [0.05, 0.1) is 0 Å². The summed E-state index contributed by atoms with van der Waals surface area (Å²) in [6.07, 6.45) is 0.751. The molecule has 0 aromatic heterocycles. The van der Waals surface area contributed by atoms with Gasteiger partial charge in [-0.05, 0) is 29.2 Å². The van der Waals surface area contributed by atoms with Crippen molar-refractivity contribution in [2.24, 2.45) is 11.0 Å². The van der Waals surface area contributed by atoms with Crippen LogP contribution in [0.2, 0.25) is 0 Å². The van der Waals surface area contributed by atoms with Crippen molar-refractivity contribution >= 4 is 11.3 Å². The van der Waals surface area contributed by atoms with Crippen LogP contribution in [0.25, 0.3) is 16.0 Å². The Kier molecular flexibility index (Phi) is 3.04. The zero-order valence-corrected chi connectivity index (χ0v) is 9.66. The number of ether oxygens (including phenoxy) is 1. The first-order chi connectivity index (χ1) is 8.11. The number of fused-ring (bicyclic) bond motifs is 1. The van der Waals surface area contributed by atoms with Gasteiger partial charge in [-0.2, -0.15) is 0 Å². The van der Waals surface area contributed by atoms with Crippen LogP contribution in [0.1, 0.15) is 19.4 Å². The van der Waals surface area contributed by atoms with Crippen molar-refractivity contribution in [2.75, 3.05) is 0 Å². The minimum atomic E-state index is -0.943. The molecule has 0 saturated carbocycles. The van der Waals surface area contributed by atoms with Gasteiger partial charge in [0.2, 0.25) is 6.29 Å². The van der Waals surface area contributed by atoms with Crippen LogP contribution in [0.3, 0.4) is 0 Å². The van der Waals surface area contributed by atoms with E-state index in [0.717, 1.165) is 11.1 Å². The van der Waals surface area contributed by atoms with E-state index in [1.165, 1.54) is 0 Å². The predicted molar refractivity (Wildman–Crippen MR) is 64.7 cm³/mol. The molecule has 1 N–H and O–H groups in total. The molecular formula is C12H13N3O2. The molecule has 5 nitrogen and oxygen atoms in total. The van der Waals surface area contributed by atoms with E-state index in [2.05, 4.69) is 23.9 Å². The number of aliphatic hydroxyl groups is 1. The van der Waals surface area contributed by atoms with Crippen molar-refractivity contribution in [2.45, 2.75) is 20.1 Å². The molecule has 0 radical (unpaired) electrons. The number of hydrogen-bond acceptors (Lipinski definition) is 3. The highest BCUT2D eigenvalue weighted by Gasteiger charge is 2.20. The Balaban J connectivity index is 2.50. The first-order valence-corrected chi connectivity index (χ1v) is 5.38. The SMILES string of the molecule is CC(C)C1=CC(O)Oc2cc(N=[N+]=[N-])ccc21. The topological polar surface area (TPSA) is 78.2 Å². The van der Waals surface area contributed by atoms with Gasteiger partial charge in [-0.25, -0.2) is 0 Å². The summed E-state index contributed by atoms with van der Waals surface area (Å²) in [5.74, 6) is 0.839. The third-order valence-corrected chi connectivity index (χ3v) is 2.63. The standard InChI is InChI=1S/C12H13N3O2/c1-7(2)10-6-12(16)17-11-5-8(14-15-13)3-4-9(10)11/h3-7,12,16H,1-2H3. The van der Waals surface area contributed by atoms with Crippen molar-refractivity contribution in [3.05, 3.63) is 40.3 Å². The summed E-state index contributed by atoms with van der Waals surface area (Å²) in [5.41, 5.74) is 10.8. The van der Waals surface area contributed by atoms with Crippen molar-refractivity contribution in [1.82, 2.24) is 0 Å². The van der Waals surface area contributed by atoms with E-state index in [9.17, 15) is 5.11 Å². The molecule has 0 saturated heterocycles. The highest BCUT2D eigenvalue weighted by Crippen LogP contribution is 2.37. The third-order valence-electron chi connectivity index (χ3n) is 2.63. The van der Waals surface area contributed by atoms with Crippen LogP contribution in [-0.2, 0) is 0 Å². The van der Waals surface area contributed by atoms with E-state index < -0.39 is 6.29 Å². The Morgan fingerprint density at radius 3 is 2.88 bits per heavy atom. The van der Waals surface area contributed by atoms with E-state index in [-0.39, 0.29) is 5.92 Å². The molecule has 1 aromatic carbocycles. The smallest absolute Gasteiger partial charge is 0.217 e. The monoisotopic (exact) mass is 231 g/mol. The first kappa shape index (κ1) is 11.5. The summed E-state index contributed by atoms with van der Waals surface area (Å²) in [7, 11) is 0. The second-order valence-electron chi connectivity index (χ2n) is 4.16. The number of nitrogens with zero attached hydrogens (tertiary/aromatic N) is 3. The minimum Gasteiger partial charge on any atom is -0.461 e. The molecule has 1 aromatic rings. The maximum absolute atomic E-state index is 9.59. The molecule has 0 fully saturated rings. The lowest BCUT2D eigenvalue weighted by Gasteiger charge is -2.24. The molecule has 1 heterocycles. The van der Waals surface area contributed by atoms with E-state index in [4.69, 9.17) is 10.3 Å². The number of azide groups is 1. The molecular weight excluding hydrogens is 218 g/mol. The second-order valence-corrected chi connectivity index (χ2v) is 4.16. The summed E-state index contributed by atoms with van der Waals surface area (Å²) in [6.45, 7) is 4.10. The quantitative estimate of drug-likeness (QED) is 0.481. The van der Waals surface area contributed by atoms with Gasteiger partial charge in [-0.1, -0.05) is 31.1 Å². The maximum atomic E-state index is 9.59. The van der Waals surface area contributed by atoms with Crippen LogP contribution in [0.5, 0.6) is 5.75 Å². The number of rotatable bonds is 2. The Bertz CT molecular complexity index is 516. The molecule has 1 aliphatic heterocycles. The van der Waals surface area contributed by atoms with Crippen LogP contribution < -0.4 is 4.74 Å². The average Bonchev–Trinajstić information content (AvgIpc) is 2.27. The molecule has 5 heteroatoms. The summed E-state index contributed by atoms with van der Waals surface area (Å²) < 4.78 is 5.30. The highest BCUT2D eigenvalue weighted by molar-refractivity contribution is 5.75. The van der Waals surface area contributed by atoms with Gasteiger partial charge in [-0.15, -0.1) is 0 Å². The van der Waals surface area contributed by atoms with Crippen molar-refractivity contribution < 1.29 is 9.84 Å². The van der Waals surface area contributed by atoms with Gasteiger partial charge < -0.3 is 9.84 Å². The lowest BCUT2D eigenvalue weighted by molar-refractivity contribution is 0.0221. The zero-order valence-electron chi connectivity index (χ0n) is 9.66. The van der Waals surface area contributed by atoms with Crippen LogP contribution in [0, 0.1) is 5.92 Å². The molecule has 0 bridgehead atoms. The van der Waals surface area contributed by atoms with Gasteiger partial charge in [0.1, 0.15) is 5.75 Å². The van der Waals surface area contributed by atoms with Gasteiger partial charge in [0.25, 0.3) is 0 Å². The number of benzene rings is 1. The van der Waals surface area contributed by atoms with Crippen LogP contribution >= 0.6 is 0 Å². The lowest BCUT2D eigenvalue weighted by atomic mass is 9.92. The zero-order chi connectivity index (χ0) is 12.4. The van der Waals surface area contributed by atoms with Gasteiger partial charge in [-0.3, -0.25) is 0 Å². The Morgan fingerprint density at radius 2 is 2.24 bits per heavy atom. The molecule has 0 spiro atoms. The summed E-state index contributed by atoms with van der Waals surface area (Å²) in [6, 6.07) is 5.21. The molecule has 17 heavy (non-hydrogen) atoms. The van der Waals surface area contributed by atoms with E-state index in [1.54, 1.807) is 18.2 Å². The Hall–Kier alpha value is -1.97. The van der Waals surface area contributed by atoms with E-state index >= 15 is 0 Å². The molecule has 1 aliphatic rings. The average molecular weight is 231 g/mol. The molecule has 2 rings (SSSR count). The predicted octanol–water partition coefficient (Wildman–Crippen LogP) is 3.38. The van der Waals surface area contributed by atoms with E-state index in [1.807, 2.05) is 6.07 Å². The van der Waals surface area contributed by atoms with E-state index in [0.29, 0.717) is 11.4 Å². The van der Waals surface area contributed by atoms with Crippen LogP contribution in [-0.4, -0.2) is 11.4 Å². The fourth-order valence-electron chi connectivity index (χ4n) is 1.87. The van der Waals surface area contributed by atoms with Crippen LogP contribution in [0.4, 0.5) is 5.69 Å². The Morgan fingerprint density at radius 1 is 1.47 bits per heavy atom. The summed E-state index contributed by atoms with van der Waals surface area (Å²) >= 11 is 0. The lowest BCUT2D eigenvalue weighted by Crippen LogP contribution is -2.19. The van der Waals surface area contributed by atoms with Gasteiger partial charge in [0.15, 0.2) is 0 Å². The molecule has 0 amide bonds. The fourth-order valence-corrected chi connectivity index (χ4v) is 1.87. The normalized spacial score (nSPS) is 17.9. The van der Waals surface area contributed by atoms with Gasteiger partial charge in [0, 0.05) is 16.2 Å². The van der Waals surface area contributed by atoms with Crippen LogP contribution in [0.15, 0.2) is 29.4 Å². The summed E-state index contributed by atoms with van der Waals surface area (Å²) in [5, 5.41) is 13.1. The third kappa shape index (κ3) is 2.25. The molecule has 88 valence electrons.